The number of rotatable bonds is 10. The summed E-state index contributed by atoms with van der Waals surface area (Å²) in [5.74, 6) is -1.29. The molecule has 30 heavy (non-hydrogen) atoms. The average molecular weight is 413 g/mol. The summed E-state index contributed by atoms with van der Waals surface area (Å²) >= 11 is 0. The van der Waals surface area contributed by atoms with Gasteiger partial charge in [-0.2, -0.15) is 0 Å². The first-order valence-electron chi connectivity index (χ1n) is 9.59. The van der Waals surface area contributed by atoms with Gasteiger partial charge in [-0.1, -0.05) is 54.6 Å². The van der Waals surface area contributed by atoms with Crippen LogP contribution in [0.4, 0.5) is 0 Å². The zero-order chi connectivity index (χ0) is 22.0. The molecule has 1 aliphatic heterocycles. The quantitative estimate of drug-likeness (QED) is 0.274. The Morgan fingerprint density at radius 3 is 2.43 bits per heavy atom. The molecule has 7 heteroatoms. The Kier molecular flexibility index (Phi) is 8.55. The molecule has 0 bridgehead atoms. The van der Waals surface area contributed by atoms with E-state index in [0.29, 0.717) is 13.0 Å². The highest BCUT2D eigenvalue weighted by atomic mass is 16.6. The standard InChI is InChI=1S/C23H27NO6/c1-17(25)24-19(15-18-11-7-6-8-12-18)22(27)30-20(23(2)16-29-23)13-9-4-5-10-14-21(26)28-3/h4-14,19-20H,15-16H2,1-3H3,(H,24,25)/b5-4-,13-9+,14-10+/t19-,20+,23-/m0/s1. The molecule has 0 aliphatic carbocycles. The number of epoxide rings is 1. The monoisotopic (exact) mass is 413 g/mol. The van der Waals surface area contributed by atoms with Crippen molar-refractivity contribution in [3.05, 3.63) is 72.4 Å². The molecular formula is C23H27NO6. The number of hydrogen-bond acceptors (Lipinski definition) is 6. The predicted molar refractivity (Wildman–Crippen MR) is 111 cm³/mol. The first-order chi connectivity index (χ1) is 14.3. The first-order valence-corrected chi connectivity index (χ1v) is 9.59. The van der Waals surface area contributed by atoms with Crippen LogP contribution in [0.25, 0.3) is 0 Å². The average Bonchev–Trinajstić information content (AvgIpc) is 3.47. The van der Waals surface area contributed by atoms with Gasteiger partial charge in [-0.05, 0) is 18.6 Å². The van der Waals surface area contributed by atoms with Crippen LogP contribution in [-0.2, 0) is 35.0 Å². The van der Waals surface area contributed by atoms with Gasteiger partial charge >= 0.3 is 11.9 Å². The second kappa shape index (κ2) is 11.1. The lowest BCUT2D eigenvalue weighted by Crippen LogP contribution is -2.45. The molecule has 3 atom stereocenters. The highest BCUT2D eigenvalue weighted by Crippen LogP contribution is 2.33. The number of hydrogen-bond donors (Lipinski definition) is 1. The fourth-order valence-corrected chi connectivity index (χ4v) is 2.64. The minimum atomic E-state index is -0.804. The number of carbonyl (C=O) groups is 3. The molecule has 1 N–H and O–H groups in total. The number of nitrogens with one attached hydrogen (secondary N) is 1. The number of carbonyl (C=O) groups excluding carboxylic acids is 3. The van der Waals surface area contributed by atoms with Gasteiger partial charge in [0.2, 0.25) is 5.91 Å². The summed E-state index contributed by atoms with van der Waals surface area (Å²) in [6, 6.07) is 8.60. The van der Waals surface area contributed by atoms with E-state index in [-0.39, 0.29) is 5.91 Å². The lowest BCUT2D eigenvalue weighted by Gasteiger charge is -2.22. The van der Waals surface area contributed by atoms with Crippen LogP contribution >= 0.6 is 0 Å². The van der Waals surface area contributed by atoms with Crippen molar-refractivity contribution >= 4 is 17.8 Å². The van der Waals surface area contributed by atoms with E-state index in [2.05, 4.69) is 10.1 Å². The van der Waals surface area contributed by atoms with Crippen molar-refractivity contribution < 1.29 is 28.6 Å². The van der Waals surface area contributed by atoms with Crippen molar-refractivity contribution in [2.24, 2.45) is 0 Å². The summed E-state index contributed by atoms with van der Waals surface area (Å²) in [5, 5.41) is 2.66. The molecule has 1 aromatic carbocycles. The number of esters is 2. The smallest absolute Gasteiger partial charge is 0.330 e. The number of benzene rings is 1. The normalized spacial score (nSPS) is 20.2. The summed E-state index contributed by atoms with van der Waals surface area (Å²) in [6.07, 6.45) is 9.29. The van der Waals surface area contributed by atoms with Gasteiger partial charge in [0.05, 0.1) is 13.7 Å². The van der Waals surface area contributed by atoms with Crippen molar-refractivity contribution in [2.75, 3.05) is 13.7 Å². The molecule has 0 saturated carbocycles. The van der Waals surface area contributed by atoms with Crippen molar-refractivity contribution in [3.63, 3.8) is 0 Å². The third kappa shape index (κ3) is 7.67. The molecule has 1 aliphatic rings. The van der Waals surface area contributed by atoms with Gasteiger partial charge in [0.1, 0.15) is 11.6 Å². The van der Waals surface area contributed by atoms with Crippen molar-refractivity contribution in [2.45, 2.75) is 38.0 Å². The van der Waals surface area contributed by atoms with E-state index in [1.165, 1.54) is 20.1 Å². The van der Waals surface area contributed by atoms with Gasteiger partial charge in [0, 0.05) is 19.4 Å². The molecular weight excluding hydrogens is 386 g/mol. The van der Waals surface area contributed by atoms with Gasteiger partial charge in [-0.3, -0.25) is 4.79 Å². The second-order valence-corrected chi connectivity index (χ2v) is 7.05. The topological polar surface area (TPSA) is 94.2 Å². The summed E-state index contributed by atoms with van der Waals surface area (Å²) in [7, 11) is 1.30. The Labute approximate surface area is 176 Å². The fourth-order valence-electron chi connectivity index (χ4n) is 2.64. The molecule has 2 rings (SSSR count). The van der Waals surface area contributed by atoms with Crippen LogP contribution in [0.15, 0.2) is 66.8 Å². The van der Waals surface area contributed by atoms with Gasteiger partial charge in [-0.15, -0.1) is 0 Å². The van der Waals surface area contributed by atoms with E-state index < -0.39 is 29.7 Å². The molecule has 1 amide bonds. The molecule has 1 heterocycles. The SMILES string of the molecule is COC(=O)/C=C/C=C\C=C\[C@@H](OC(=O)[C@H](Cc1ccccc1)NC(C)=O)[C@]1(C)CO1. The first kappa shape index (κ1) is 23.1. The Morgan fingerprint density at radius 2 is 1.83 bits per heavy atom. The Morgan fingerprint density at radius 1 is 1.17 bits per heavy atom. The van der Waals surface area contributed by atoms with Gasteiger partial charge in [-0.25, -0.2) is 9.59 Å². The van der Waals surface area contributed by atoms with Crippen LogP contribution in [0.1, 0.15) is 19.4 Å². The van der Waals surface area contributed by atoms with Crippen LogP contribution in [-0.4, -0.2) is 49.3 Å². The number of methoxy groups -OCH3 is 1. The lowest BCUT2D eigenvalue weighted by atomic mass is 10.0. The molecule has 0 spiro atoms. The number of amides is 1. The minimum Gasteiger partial charge on any atom is -0.466 e. The molecule has 1 saturated heterocycles. The maximum absolute atomic E-state index is 12.8. The van der Waals surface area contributed by atoms with E-state index >= 15 is 0 Å². The lowest BCUT2D eigenvalue weighted by molar-refractivity contribution is -0.153. The number of allylic oxidation sites excluding steroid dienone is 4. The van der Waals surface area contributed by atoms with Gasteiger partial charge in [0.15, 0.2) is 6.10 Å². The Bertz CT molecular complexity index is 823. The van der Waals surface area contributed by atoms with Crippen LogP contribution < -0.4 is 5.32 Å². The molecule has 7 nitrogen and oxygen atoms in total. The zero-order valence-corrected chi connectivity index (χ0v) is 17.4. The van der Waals surface area contributed by atoms with E-state index in [1.807, 2.05) is 37.3 Å². The highest BCUT2D eigenvalue weighted by Gasteiger charge is 2.48. The third-order valence-electron chi connectivity index (χ3n) is 4.44. The maximum Gasteiger partial charge on any atom is 0.330 e. The molecule has 160 valence electrons. The van der Waals surface area contributed by atoms with Crippen LogP contribution in [0.3, 0.4) is 0 Å². The van der Waals surface area contributed by atoms with Crippen LogP contribution in [0, 0.1) is 0 Å². The second-order valence-electron chi connectivity index (χ2n) is 7.05. The van der Waals surface area contributed by atoms with Crippen molar-refractivity contribution in [1.82, 2.24) is 5.32 Å². The molecule has 1 aromatic rings. The van der Waals surface area contributed by atoms with E-state index in [4.69, 9.17) is 9.47 Å². The predicted octanol–water partition coefficient (Wildman–Crippen LogP) is 2.28. The molecule has 1 fully saturated rings. The van der Waals surface area contributed by atoms with E-state index in [0.717, 1.165) is 5.56 Å². The van der Waals surface area contributed by atoms with Gasteiger partial charge < -0.3 is 19.5 Å². The summed E-state index contributed by atoms with van der Waals surface area (Å²) < 4.78 is 15.6. The maximum atomic E-state index is 12.8. The van der Waals surface area contributed by atoms with Gasteiger partial charge in [0.25, 0.3) is 0 Å². The van der Waals surface area contributed by atoms with Crippen LogP contribution in [0.5, 0.6) is 0 Å². The summed E-state index contributed by atoms with van der Waals surface area (Å²) in [6.45, 7) is 3.67. The van der Waals surface area contributed by atoms with E-state index in [9.17, 15) is 14.4 Å². The summed E-state index contributed by atoms with van der Waals surface area (Å²) in [4.78, 5) is 35.4. The largest absolute Gasteiger partial charge is 0.466 e. The van der Waals surface area contributed by atoms with Crippen molar-refractivity contribution in [3.8, 4) is 0 Å². The Balaban J connectivity index is 2.04. The minimum absolute atomic E-state index is 0.311. The zero-order valence-electron chi connectivity index (χ0n) is 17.4. The fraction of sp³-hybridized carbons (Fsp3) is 0.348. The van der Waals surface area contributed by atoms with E-state index in [1.54, 1.807) is 30.4 Å². The third-order valence-corrected chi connectivity index (χ3v) is 4.44. The molecule has 0 unspecified atom stereocenters. The van der Waals surface area contributed by atoms with Crippen molar-refractivity contribution in [1.29, 1.82) is 0 Å². The van der Waals surface area contributed by atoms with Crippen LogP contribution in [0.2, 0.25) is 0 Å². The number of ether oxygens (including phenoxy) is 3. The molecule has 0 radical (unpaired) electrons. The molecule has 0 aromatic heterocycles. The highest BCUT2D eigenvalue weighted by molar-refractivity contribution is 5.83. The Hall–Kier alpha value is -3.19. The summed E-state index contributed by atoms with van der Waals surface area (Å²) in [5.41, 5.74) is 0.310.